The van der Waals surface area contributed by atoms with Gasteiger partial charge in [-0.25, -0.2) is 40.9 Å². The molecule has 2 atom stereocenters. The molecule has 19 nitrogen and oxygen atoms in total. The number of H-pyrrole nitrogens is 1. The van der Waals surface area contributed by atoms with Crippen LogP contribution < -0.4 is 24.4 Å². The zero-order valence-electron chi connectivity index (χ0n) is 42.2. The number of ether oxygens (including phenoxy) is 2. The lowest BCUT2D eigenvalue weighted by atomic mass is 9.72. The van der Waals surface area contributed by atoms with Gasteiger partial charge >= 0.3 is 0 Å². The van der Waals surface area contributed by atoms with Crippen molar-refractivity contribution in [2.24, 2.45) is 11.3 Å². The second-order valence-corrected chi connectivity index (χ2v) is 25.8. The Morgan fingerprint density at radius 2 is 1.72 bits per heavy atom. The van der Waals surface area contributed by atoms with E-state index in [1.165, 1.54) is 23.9 Å². The zero-order valence-corrected chi connectivity index (χ0v) is 43.8. The third kappa shape index (κ3) is 10.0. The minimum absolute atomic E-state index is 0.0159. The van der Waals surface area contributed by atoms with Crippen LogP contribution in [0.4, 0.5) is 21.5 Å². The van der Waals surface area contributed by atoms with E-state index in [0.29, 0.717) is 64.1 Å². The molecule has 1 spiro atoms. The molecule has 3 saturated heterocycles. The summed E-state index contributed by atoms with van der Waals surface area (Å²) in [5.74, 6) is -1.32. The van der Waals surface area contributed by atoms with Gasteiger partial charge in [0, 0.05) is 81.3 Å². The predicted molar refractivity (Wildman–Crippen MR) is 277 cm³/mol. The van der Waals surface area contributed by atoms with Gasteiger partial charge in [0.15, 0.2) is 11.4 Å². The number of aliphatic hydroxyl groups is 1. The van der Waals surface area contributed by atoms with Crippen molar-refractivity contribution in [2.45, 2.75) is 107 Å². The summed E-state index contributed by atoms with van der Waals surface area (Å²) in [5.41, 5.74) is 1.88. The molecular weight excluding hydrogens is 994 g/mol. The summed E-state index contributed by atoms with van der Waals surface area (Å²) in [7, 11) is -8.23. The first-order chi connectivity index (χ1) is 35.1. The summed E-state index contributed by atoms with van der Waals surface area (Å²) in [6.45, 7) is 14.0. The maximum atomic E-state index is 14.7. The second kappa shape index (κ2) is 19.7. The molecule has 1 aliphatic carbocycles. The fourth-order valence-electron chi connectivity index (χ4n) is 11.5. The van der Waals surface area contributed by atoms with Crippen LogP contribution in [0.3, 0.4) is 0 Å². The number of nitrogens with zero attached hydrogens (tertiary/aromatic N) is 6. The van der Waals surface area contributed by atoms with E-state index >= 15 is 0 Å². The summed E-state index contributed by atoms with van der Waals surface area (Å²) >= 11 is 0. The number of carbonyl (C=O) groups is 1. The van der Waals surface area contributed by atoms with E-state index in [9.17, 15) is 41.2 Å². The number of aromatic nitrogens is 2. The molecule has 3 aromatic carbocycles. The number of fused-ring (bicyclic) bond motifs is 2. The molecule has 2 aromatic heterocycles. The number of hydrogen-bond donors (Lipinski definition) is 4. The van der Waals surface area contributed by atoms with E-state index in [-0.39, 0.29) is 75.5 Å². The van der Waals surface area contributed by atoms with Crippen LogP contribution in [0, 0.1) is 27.3 Å². The van der Waals surface area contributed by atoms with Crippen molar-refractivity contribution in [2.75, 3.05) is 62.6 Å². The Morgan fingerprint density at radius 3 is 2.42 bits per heavy atom. The van der Waals surface area contributed by atoms with Crippen LogP contribution in [0.1, 0.15) is 107 Å². The number of sulfonamides is 2. The topological polar surface area (TPSA) is 233 Å². The number of hydrazine groups is 1. The fraction of sp³-hybridized carbons (Fsp3) is 0.500. The van der Waals surface area contributed by atoms with Crippen LogP contribution in [0.25, 0.3) is 11.0 Å². The van der Waals surface area contributed by atoms with Crippen molar-refractivity contribution < 1.29 is 45.5 Å². The molecule has 22 heteroatoms. The lowest BCUT2D eigenvalue weighted by molar-refractivity contribution is -0.384. The van der Waals surface area contributed by atoms with E-state index in [4.69, 9.17) is 9.47 Å². The number of pyridine rings is 1. The first kappa shape index (κ1) is 51.6. The van der Waals surface area contributed by atoms with Gasteiger partial charge in [-0.15, -0.1) is 0 Å². The molecule has 5 aromatic rings. The molecule has 396 valence electrons. The molecule has 0 unspecified atom stereocenters. The largest absolute Gasteiger partial charge is 0.489 e. The molecule has 0 radical (unpaired) electrons. The highest BCUT2D eigenvalue weighted by molar-refractivity contribution is 7.90. The number of benzene rings is 3. The van der Waals surface area contributed by atoms with Crippen LogP contribution >= 0.6 is 0 Å². The number of amides is 1. The Morgan fingerprint density at radius 1 is 0.986 bits per heavy atom. The minimum Gasteiger partial charge on any atom is -0.489 e. The molecule has 4 N–H and O–H groups in total. The van der Waals surface area contributed by atoms with Crippen LogP contribution in [-0.2, 0) is 20.0 Å². The third-order valence-corrected chi connectivity index (χ3v) is 19.5. The number of carbonyl (C=O) groups excluding carboxylic acids is 1. The highest BCUT2D eigenvalue weighted by Gasteiger charge is 2.50. The quantitative estimate of drug-likeness (QED) is 0.0654. The maximum absolute atomic E-state index is 14.7. The number of aromatic amines is 1. The first-order valence-electron chi connectivity index (χ1n) is 25.4. The normalized spacial score (nSPS) is 23.8. The number of nitro benzene ring substituents is 1. The van der Waals surface area contributed by atoms with Crippen LogP contribution in [0.5, 0.6) is 17.2 Å². The molecule has 0 bridgehead atoms. The van der Waals surface area contributed by atoms with Crippen molar-refractivity contribution in [3.05, 3.63) is 106 Å². The van der Waals surface area contributed by atoms with Gasteiger partial charge in [-0.1, -0.05) is 38.1 Å². The third-order valence-electron chi connectivity index (χ3n) is 15.9. The van der Waals surface area contributed by atoms with Gasteiger partial charge in [0.25, 0.3) is 21.6 Å². The molecule has 74 heavy (non-hydrogen) atoms. The molecule has 1 saturated carbocycles. The SMILES string of the molecule is CC(C)c1ccccc1[C@H]1CN(S(=O)(=O)C(C)C)CCN1N1CC2(CCN(c3ccc(C(=O)NS(=O)(=O)c4cc5c(c([N+](=O)[O-])c4)N[C@@H]([C@H]4CC[C@](C)(O)CC4)CO5)c(Oc4cnc5[nH]cc(F)c5c4)c3)CC2)C1. The number of halogens is 1. The van der Waals surface area contributed by atoms with Crippen LogP contribution in [0.2, 0.25) is 0 Å². The van der Waals surface area contributed by atoms with Crippen molar-refractivity contribution >= 4 is 54.0 Å². The van der Waals surface area contributed by atoms with Crippen LogP contribution in [-0.4, -0.2) is 126 Å². The molecule has 1 amide bonds. The number of nitro groups is 1. The van der Waals surface area contributed by atoms with Gasteiger partial charge in [-0.2, -0.15) is 4.31 Å². The lowest BCUT2D eigenvalue weighted by Gasteiger charge is -2.60. The van der Waals surface area contributed by atoms with Gasteiger partial charge < -0.3 is 29.8 Å². The van der Waals surface area contributed by atoms with E-state index in [1.54, 1.807) is 37.2 Å². The number of piperidine rings is 1. The Hall–Kier alpha value is -5.91. The Labute approximate surface area is 430 Å². The lowest BCUT2D eigenvalue weighted by Crippen LogP contribution is -2.68. The Balaban J connectivity index is 0.865. The van der Waals surface area contributed by atoms with E-state index < -0.39 is 58.1 Å². The molecule has 5 aliphatic rings. The molecule has 6 heterocycles. The van der Waals surface area contributed by atoms with Gasteiger partial charge in [0.1, 0.15) is 29.6 Å². The number of piperazine rings is 1. The van der Waals surface area contributed by atoms with Crippen molar-refractivity contribution in [3.8, 4) is 17.2 Å². The van der Waals surface area contributed by atoms with E-state index in [0.717, 1.165) is 49.8 Å². The predicted octanol–water partition coefficient (Wildman–Crippen LogP) is 7.67. The molecular formula is C52H64FN9O10S2. The van der Waals surface area contributed by atoms with Crippen molar-refractivity contribution in [1.29, 1.82) is 0 Å². The van der Waals surface area contributed by atoms with E-state index in [1.807, 2.05) is 12.1 Å². The minimum atomic E-state index is -4.76. The van der Waals surface area contributed by atoms with Crippen molar-refractivity contribution in [3.63, 3.8) is 0 Å². The highest BCUT2D eigenvalue weighted by atomic mass is 32.2. The summed E-state index contributed by atoms with van der Waals surface area (Å²) in [5, 5.41) is 30.5. The smallest absolute Gasteiger partial charge is 0.297 e. The number of hydrogen-bond acceptors (Lipinski definition) is 15. The zero-order chi connectivity index (χ0) is 52.5. The average Bonchev–Trinajstić information content (AvgIpc) is 3.74. The summed E-state index contributed by atoms with van der Waals surface area (Å²) in [6.07, 6.45) is 6.71. The van der Waals surface area contributed by atoms with Crippen LogP contribution in [0.15, 0.2) is 78.0 Å². The summed E-state index contributed by atoms with van der Waals surface area (Å²) in [4.78, 5) is 34.5. The van der Waals surface area contributed by atoms with Crippen molar-refractivity contribution in [1.82, 2.24) is 29.0 Å². The van der Waals surface area contributed by atoms with Gasteiger partial charge in [0.2, 0.25) is 10.0 Å². The molecule has 10 rings (SSSR count). The van der Waals surface area contributed by atoms with E-state index in [2.05, 4.69) is 60.9 Å². The first-order valence-corrected chi connectivity index (χ1v) is 28.4. The summed E-state index contributed by atoms with van der Waals surface area (Å²) < 4.78 is 85.7. The molecule has 4 aliphatic heterocycles. The Bertz CT molecular complexity index is 3200. The highest BCUT2D eigenvalue weighted by Crippen LogP contribution is 2.47. The standard InChI is InChI=1S/C52H64FN9O10S2/c1-32(2)38-8-6-7-9-39(38)45-28-60(74(69,70)33(3)4)20-21-61(45)59-30-52(31-59)16-18-58(19-17-52)35-10-11-40(46(22-35)72-36-23-41-42(53)27-55-49(41)54-26-36)50(63)57-73(67,68)37-24-44(62(65)66)48-47(25-37)71-29-43(56-48)34-12-14-51(5,64)15-13-34/h6-11,22-27,32-34,43,45,56,64H,12-21,28-31H2,1-5H3,(H,54,55)(H,57,63)/t34-,43-,45-,51-/m1/s1. The second-order valence-electron chi connectivity index (χ2n) is 21.6. The fourth-order valence-corrected chi connectivity index (χ4v) is 13.8. The van der Waals surface area contributed by atoms with Gasteiger partial charge in [-0.3, -0.25) is 14.9 Å². The van der Waals surface area contributed by atoms with Gasteiger partial charge in [0.05, 0.1) is 49.9 Å². The maximum Gasteiger partial charge on any atom is 0.297 e. The number of rotatable bonds is 13. The molecule has 4 fully saturated rings. The number of anilines is 2. The number of nitrogens with one attached hydrogen (secondary N) is 3. The monoisotopic (exact) mass is 1060 g/mol. The summed E-state index contributed by atoms with van der Waals surface area (Å²) in [6, 6.07) is 16.1. The van der Waals surface area contributed by atoms with Gasteiger partial charge in [-0.05, 0) is 100 Å². The average molecular weight is 1060 g/mol. The Kier molecular flexibility index (Phi) is 13.7.